The molecule has 0 saturated carbocycles. The summed E-state index contributed by atoms with van der Waals surface area (Å²) in [5.41, 5.74) is 8.20. The molecule has 2 aromatic heterocycles. The number of rotatable bonds is 6. The van der Waals surface area contributed by atoms with E-state index in [9.17, 15) is 5.11 Å². The molecular weight excluding hydrogens is 316 g/mol. The SMILES string of the molecule is CC[C@@H](N)CNc1ccnc(-c2cc(-c3cncnc3)ccc2O)n1. The Bertz CT molecular complexity index is 840. The van der Waals surface area contributed by atoms with Crippen LogP contribution in [0.25, 0.3) is 22.5 Å². The van der Waals surface area contributed by atoms with Crippen molar-refractivity contribution >= 4 is 5.82 Å². The van der Waals surface area contributed by atoms with Crippen LogP contribution in [0.5, 0.6) is 5.75 Å². The number of anilines is 1. The van der Waals surface area contributed by atoms with Crippen LogP contribution in [0.3, 0.4) is 0 Å². The number of phenolic OH excluding ortho intramolecular Hbond substituents is 1. The fourth-order valence-corrected chi connectivity index (χ4v) is 2.31. The smallest absolute Gasteiger partial charge is 0.165 e. The summed E-state index contributed by atoms with van der Waals surface area (Å²) in [6, 6.07) is 7.09. The number of hydrogen-bond acceptors (Lipinski definition) is 7. The molecule has 1 aromatic carbocycles. The number of aromatic nitrogens is 4. The maximum atomic E-state index is 10.2. The Kier molecular flexibility index (Phi) is 5.15. The van der Waals surface area contributed by atoms with E-state index in [-0.39, 0.29) is 11.8 Å². The van der Waals surface area contributed by atoms with Gasteiger partial charge in [-0.05, 0) is 30.2 Å². The van der Waals surface area contributed by atoms with Crippen LogP contribution in [-0.4, -0.2) is 37.6 Å². The van der Waals surface area contributed by atoms with Crippen molar-refractivity contribution in [1.29, 1.82) is 0 Å². The van der Waals surface area contributed by atoms with Crippen molar-refractivity contribution in [3.63, 3.8) is 0 Å². The van der Waals surface area contributed by atoms with Gasteiger partial charge in [0.15, 0.2) is 5.82 Å². The first-order chi connectivity index (χ1) is 12.2. The lowest BCUT2D eigenvalue weighted by molar-refractivity contribution is 0.477. The zero-order chi connectivity index (χ0) is 17.6. The summed E-state index contributed by atoms with van der Waals surface area (Å²) in [5.74, 6) is 1.22. The van der Waals surface area contributed by atoms with Crippen molar-refractivity contribution < 1.29 is 5.11 Å². The number of benzene rings is 1. The normalized spacial score (nSPS) is 11.9. The van der Waals surface area contributed by atoms with Gasteiger partial charge in [0.05, 0.1) is 5.56 Å². The van der Waals surface area contributed by atoms with E-state index in [1.54, 1.807) is 36.8 Å². The van der Waals surface area contributed by atoms with Gasteiger partial charge in [0.1, 0.15) is 17.9 Å². The monoisotopic (exact) mass is 336 g/mol. The third-order valence-corrected chi connectivity index (χ3v) is 3.86. The Morgan fingerprint density at radius 1 is 1.16 bits per heavy atom. The van der Waals surface area contributed by atoms with Crippen LogP contribution in [-0.2, 0) is 0 Å². The molecule has 3 rings (SSSR count). The summed E-state index contributed by atoms with van der Waals surface area (Å²) in [6.45, 7) is 2.66. The molecule has 3 aromatic rings. The summed E-state index contributed by atoms with van der Waals surface area (Å²) >= 11 is 0. The van der Waals surface area contributed by atoms with E-state index in [1.807, 2.05) is 13.0 Å². The number of aromatic hydroxyl groups is 1. The van der Waals surface area contributed by atoms with Crippen molar-refractivity contribution in [3.05, 3.63) is 49.2 Å². The van der Waals surface area contributed by atoms with Crippen LogP contribution >= 0.6 is 0 Å². The van der Waals surface area contributed by atoms with Gasteiger partial charge in [-0.25, -0.2) is 19.9 Å². The van der Waals surface area contributed by atoms with Crippen LogP contribution in [0.2, 0.25) is 0 Å². The minimum absolute atomic E-state index is 0.0632. The molecule has 0 aliphatic carbocycles. The topological polar surface area (TPSA) is 110 Å². The van der Waals surface area contributed by atoms with Gasteiger partial charge >= 0.3 is 0 Å². The molecule has 4 N–H and O–H groups in total. The zero-order valence-corrected chi connectivity index (χ0v) is 13.9. The standard InChI is InChI=1S/C18H20N6O/c1-2-14(19)10-23-17-5-6-22-18(24-17)15-7-12(3-4-16(15)25)13-8-20-11-21-9-13/h3-9,11,14,25H,2,10,19H2,1H3,(H,22,23,24)/t14-/m1/s1. The Hall–Kier alpha value is -3.06. The molecule has 0 bridgehead atoms. The van der Waals surface area contributed by atoms with Gasteiger partial charge in [0.2, 0.25) is 0 Å². The van der Waals surface area contributed by atoms with E-state index in [0.717, 1.165) is 17.5 Å². The average Bonchev–Trinajstić information content (AvgIpc) is 2.67. The van der Waals surface area contributed by atoms with Crippen LogP contribution in [0.4, 0.5) is 5.82 Å². The molecule has 0 unspecified atom stereocenters. The predicted octanol–water partition coefficient (Wildman–Crippen LogP) is 2.46. The molecule has 2 heterocycles. The summed E-state index contributed by atoms with van der Waals surface area (Å²) < 4.78 is 0. The molecule has 7 heteroatoms. The van der Waals surface area contributed by atoms with Crippen molar-refractivity contribution in [2.45, 2.75) is 19.4 Å². The maximum absolute atomic E-state index is 10.2. The third kappa shape index (κ3) is 4.07. The summed E-state index contributed by atoms with van der Waals surface area (Å²) in [7, 11) is 0. The Morgan fingerprint density at radius 3 is 2.72 bits per heavy atom. The van der Waals surface area contributed by atoms with E-state index in [0.29, 0.717) is 23.8 Å². The number of phenols is 1. The molecule has 0 radical (unpaired) electrons. The second-order valence-electron chi connectivity index (χ2n) is 5.67. The zero-order valence-electron chi connectivity index (χ0n) is 13.9. The molecule has 0 saturated heterocycles. The van der Waals surface area contributed by atoms with Gasteiger partial charge in [0.25, 0.3) is 0 Å². The van der Waals surface area contributed by atoms with Crippen molar-refractivity contribution in [2.75, 3.05) is 11.9 Å². The van der Waals surface area contributed by atoms with Crippen molar-refractivity contribution in [3.8, 4) is 28.3 Å². The lowest BCUT2D eigenvalue weighted by atomic mass is 10.0. The maximum Gasteiger partial charge on any atom is 0.165 e. The van der Waals surface area contributed by atoms with Gasteiger partial charge in [-0.3, -0.25) is 0 Å². The number of hydrogen-bond donors (Lipinski definition) is 3. The molecule has 0 aliphatic heterocycles. The molecule has 1 atom stereocenters. The number of nitrogens with one attached hydrogen (secondary N) is 1. The highest BCUT2D eigenvalue weighted by atomic mass is 16.3. The fourth-order valence-electron chi connectivity index (χ4n) is 2.31. The molecule has 128 valence electrons. The lowest BCUT2D eigenvalue weighted by Crippen LogP contribution is -2.28. The van der Waals surface area contributed by atoms with Gasteiger partial charge in [-0.2, -0.15) is 0 Å². The third-order valence-electron chi connectivity index (χ3n) is 3.86. The highest BCUT2D eigenvalue weighted by Crippen LogP contribution is 2.31. The van der Waals surface area contributed by atoms with Crippen molar-refractivity contribution in [2.24, 2.45) is 5.73 Å². The highest BCUT2D eigenvalue weighted by molar-refractivity contribution is 5.74. The van der Waals surface area contributed by atoms with Crippen LogP contribution < -0.4 is 11.1 Å². The van der Waals surface area contributed by atoms with Crippen LogP contribution in [0.15, 0.2) is 49.2 Å². The van der Waals surface area contributed by atoms with Gasteiger partial charge < -0.3 is 16.2 Å². The molecule has 0 spiro atoms. The number of nitrogens with two attached hydrogens (primary N) is 1. The van der Waals surface area contributed by atoms with Gasteiger partial charge in [-0.15, -0.1) is 0 Å². The van der Waals surface area contributed by atoms with E-state index >= 15 is 0 Å². The quantitative estimate of drug-likeness (QED) is 0.634. The average molecular weight is 336 g/mol. The van der Waals surface area contributed by atoms with Gasteiger partial charge in [0, 0.05) is 36.7 Å². The van der Waals surface area contributed by atoms with E-state index in [4.69, 9.17) is 5.73 Å². The summed E-state index contributed by atoms with van der Waals surface area (Å²) in [6.07, 6.45) is 7.44. The minimum atomic E-state index is 0.0632. The molecule has 0 amide bonds. The number of nitrogens with zero attached hydrogens (tertiary/aromatic N) is 4. The van der Waals surface area contributed by atoms with E-state index in [1.165, 1.54) is 6.33 Å². The minimum Gasteiger partial charge on any atom is -0.507 e. The molecule has 25 heavy (non-hydrogen) atoms. The fraction of sp³-hybridized carbons (Fsp3) is 0.222. The van der Waals surface area contributed by atoms with E-state index in [2.05, 4.69) is 25.3 Å². The van der Waals surface area contributed by atoms with Gasteiger partial charge in [-0.1, -0.05) is 13.0 Å². The first-order valence-corrected chi connectivity index (χ1v) is 8.08. The predicted molar refractivity (Wildman–Crippen MR) is 96.9 cm³/mol. The summed E-state index contributed by atoms with van der Waals surface area (Å²) in [4.78, 5) is 16.8. The first kappa shape index (κ1) is 16.8. The highest BCUT2D eigenvalue weighted by Gasteiger charge is 2.11. The Morgan fingerprint density at radius 2 is 1.96 bits per heavy atom. The molecule has 7 nitrogen and oxygen atoms in total. The first-order valence-electron chi connectivity index (χ1n) is 8.08. The second-order valence-corrected chi connectivity index (χ2v) is 5.67. The van der Waals surface area contributed by atoms with E-state index < -0.39 is 0 Å². The van der Waals surface area contributed by atoms with Crippen LogP contribution in [0, 0.1) is 0 Å². The Labute approximate surface area is 146 Å². The molecular formula is C18H20N6O. The second kappa shape index (κ2) is 7.67. The summed E-state index contributed by atoms with van der Waals surface area (Å²) in [5, 5.41) is 13.4. The van der Waals surface area contributed by atoms with Crippen LogP contribution in [0.1, 0.15) is 13.3 Å². The largest absolute Gasteiger partial charge is 0.507 e. The lowest BCUT2D eigenvalue weighted by Gasteiger charge is -2.12. The molecule has 0 aliphatic rings. The molecule has 0 fully saturated rings. The Balaban J connectivity index is 1.91. The van der Waals surface area contributed by atoms with Crippen molar-refractivity contribution in [1.82, 2.24) is 19.9 Å².